The number of methoxy groups -OCH3 is 1. The highest BCUT2D eigenvalue weighted by Gasteiger charge is 2.35. The van der Waals surface area contributed by atoms with Crippen LogP contribution in [-0.4, -0.2) is 42.1 Å². The van der Waals surface area contributed by atoms with Gasteiger partial charge < -0.3 is 9.84 Å². The Morgan fingerprint density at radius 3 is 2.54 bits per heavy atom. The molecule has 4 aromatic rings. The second-order valence-electron chi connectivity index (χ2n) is 9.20. The van der Waals surface area contributed by atoms with Crippen molar-refractivity contribution in [1.29, 1.82) is 0 Å². The number of ketones is 1. The van der Waals surface area contributed by atoms with Crippen molar-refractivity contribution in [3.8, 4) is 10.8 Å². The molecule has 0 bridgehead atoms. The standard InChI is InChI=1S/C25H28FN5O5S/c1-6-7-19(33)25(3,4)30-21(34)20-14(2)22(31-27-10-11-28-31)37-23(20)29(24(30)35)13-17(32)16-12-15(26)8-9-18(16)36-5/h8-12,17,32H,6-7,13H2,1-5H3/t17-/m1/s1. The Hall–Kier alpha value is -3.64. The first kappa shape index (κ1) is 26.4. The highest BCUT2D eigenvalue weighted by Crippen LogP contribution is 2.33. The number of aryl methyl sites for hydroxylation is 1. The van der Waals surface area contributed by atoms with Crippen molar-refractivity contribution in [1.82, 2.24) is 24.1 Å². The van der Waals surface area contributed by atoms with Crippen LogP contribution >= 0.6 is 11.3 Å². The first-order chi connectivity index (χ1) is 17.5. The van der Waals surface area contributed by atoms with E-state index < -0.39 is 28.7 Å². The lowest BCUT2D eigenvalue weighted by molar-refractivity contribution is -0.126. The van der Waals surface area contributed by atoms with Crippen LogP contribution in [0.3, 0.4) is 0 Å². The van der Waals surface area contributed by atoms with Gasteiger partial charge in [-0.2, -0.15) is 10.2 Å². The molecule has 4 rings (SSSR count). The van der Waals surface area contributed by atoms with Gasteiger partial charge in [0, 0.05) is 17.5 Å². The summed E-state index contributed by atoms with van der Waals surface area (Å²) in [6.07, 6.45) is 2.35. The summed E-state index contributed by atoms with van der Waals surface area (Å²) in [7, 11) is 1.39. The molecular formula is C25H28FN5O5S. The van der Waals surface area contributed by atoms with Crippen LogP contribution in [0.25, 0.3) is 15.2 Å². The molecule has 0 unspecified atom stereocenters. The fraction of sp³-hybridized carbons (Fsp3) is 0.400. The van der Waals surface area contributed by atoms with E-state index in [1.165, 1.54) is 54.8 Å². The SMILES string of the molecule is CCCC(=O)C(C)(C)n1c(=O)c2c(C)c(-n3nccn3)sc2n(C[C@@H](O)c2cc(F)ccc2OC)c1=O. The van der Waals surface area contributed by atoms with Crippen LogP contribution in [0.5, 0.6) is 5.75 Å². The number of benzene rings is 1. The zero-order valence-corrected chi connectivity index (χ0v) is 22.0. The van der Waals surface area contributed by atoms with Gasteiger partial charge in [0.15, 0.2) is 5.78 Å². The van der Waals surface area contributed by atoms with E-state index in [-0.39, 0.29) is 40.3 Å². The van der Waals surface area contributed by atoms with Gasteiger partial charge in [-0.15, -0.1) is 4.80 Å². The van der Waals surface area contributed by atoms with E-state index in [2.05, 4.69) is 10.2 Å². The van der Waals surface area contributed by atoms with Crippen LogP contribution in [-0.2, 0) is 16.9 Å². The van der Waals surface area contributed by atoms with Crippen molar-refractivity contribution in [2.75, 3.05) is 7.11 Å². The zero-order chi connectivity index (χ0) is 27.1. The molecule has 0 spiro atoms. The van der Waals surface area contributed by atoms with E-state index in [9.17, 15) is 23.9 Å². The summed E-state index contributed by atoms with van der Waals surface area (Å²) in [5.74, 6) is -0.606. The quantitative estimate of drug-likeness (QED) is 0.354. The summed E-state index contributed by atoms with van der Waals surface area (Å²) in [5, 5.41) is 20.1. The molecule has 12 heteroatoms. The van der Waals surface area contributed by atoms with Gasteiger partial charge in [-0.3, -0.25) is 14.2 Å². The highest BCUT2D eigenvalue weighted by molar-refractivity contribution is 7.21. The largest absolute Gasteiger partial charge is 0.496 e. The zero-order valence-electron chi connectivity index (χ0n) is 21.2. The monoisotopic (exact) mass is 529 g/mol. The number of nitrogens with zero attached hydrogens (tertiary/aromatic N) is 5. The summed E-state index contributed by atoms with van der Waals surface area (Å²) in [6, 6.07) is 3.72. The van der Waals surface area contributed by atoms with Gasteiger partial charge in [-0.05, 0) is 45.4 Å². The lowest BCUT2D eigenvalue weighted by Gasteiger charge is -2.27. The molecule has 3 aromatic heterocycles. The molecule has 0 fully saturated rings. The molecule has 3 heterocycles. The van der Waals surface area contributed by atoms with Crippen LogP contribution in [0.1, 0.15) is 50.8 Å². The molecule has 10 nitrogen and oxygen atoms in total. The summed E-state index contributed by atoms with van der Waals surface area (Å²) in [5.41, 5.74) is -2.15. The average molecular weight is 530 g/mol. The van der Waals surface area contributed by atoms with Crippen molar-refractivity contribution < 1.29 is 19.0 Å². The Morgan fingerprint density at radius 1 is 1.24 bits per heavy atom. The average Bonchev–Trinajstić information content (AvgIpc) is 3.49. The van der Waals surface area contributed by atoms with E-state index >= 15 is 0 Å². The predicted molar refractivity (Wildman–Crippen MR) is 137 cm³/mol. The number of Topliss-reactive ketones (excluding diaryl/α,β-unsaturated/α-hetero) is 1. The third kappa shape index (κ3) is 4.51. The van der Waals surface area contributed by atoms with Gasteiger partial charge >= 0.3 is 5.69 Å². The third-order valence-corrected chi connectivity index (χ3v) is 7.69. The minimum atomic E-state index is -1.44. The minimum Gasteiger partial charge on any atom is -0.496 e. The molecule has 0 radical (unpaired) electrons. The molecule has 0 saturated carbocycles. The van der Waals surface area contributed by atoms with E-state index in [1.54, 1.807) is 6.92 Å². The van der Waals surface area contributed by atoms with Gasteiger partial charge in [0.25, 0.3) is 5.56 Å². The van der Waals surface area contributed by atoms with Crippen LogP contribution < -0.4 is 16.0 Å². The molecule has 1 aromatic carbocycles. The lowest BCUT2D eigenvalue weighted by Crippen LogP contribution is -2.52. The Labute approximate surface area is 215 Å². The topological polar surface area (TPSA) is 121 Å². The normalized spacial score (nSPS) is 12.7. The molecule has 0 aliphatic carbocycles. The van der Waals surface area contributed by atoms with Crippen molar-refractivity contribution >= 4 is 27.3 Å². The molecule has 196 valence electrons. The third-order valence-electron chi connectivity index (χ3n) is 6.41. The Bertz CT molecular complexity index is 1590. The number of hydrogen-bond donors (Lipinski definition) is 1. The Morgan fingerprint density at radius 2 is 1.92 bits per heavy atom. The van der Waals surface area contributed by atoms with Crippen molar-refractivity contribution in [3.63, 3.8) is 0 Å². The van der Waals surface area contributed by atoms with Gasteiger partial charge in [0.2, 0.25) is 0 Å². The van der Waals surface area contributed by atoms with Gasteiger partial charge in [0.1, 0.15) is 33.0 Å². The minimum absolute atomic E-state index is 0.142. The number of rotatable bonds is 9. The number of aliphatic hydroxyl groups is 1. The molecule has 0 amide bonds. The summed E-state index contributed by atoms with van der Waals surface area (Å²) in [4.78, 5) is 42.3. The maximum atomic E-state index is 14.0. The molecule has 0 aliphatic heterocycles. The van der Waals surface area contributed by atoms with Gasteiger partial charge in [-0.1, -0.05) is 18.3 Å². The summed E-state index contributed by atoms with van der Waals surface area (Å²) in [6.45, 7) is 6.30. The summed E-state index contributed by atoms with van der Waals surface area (Å²) < 4.78 is 21.5. The second kappa shape index (κ2) is 10.0. The Kier molecular flexibility index (Phi) is 7.16. The maximum Gasteiger partial charge on any atom is 0.333 e. The number of carbonyl (C=O) groups excluding carboxylic acids is 1. The second-order valence-corrected chi connectivity index (χ2v) is 10.2. The molecular weight excluding hydrogens is 501 g/mol. The number of aliphatic hydroxyl groups excluding tert-OH is 1. The van der Waals surface area contributed by atoms with E-state index in [4.69, 9.17) is 4.74 Å². The summed E-state index contributed by atoms with van der Waals surface area (Å²) >= 11 is 1.11. The number of halogens is 1. The van der Waals surface area contributed by atoms with E-state index in [0.717, 1.165) is 22.0 Å². The molecule has 37 heavy (non-hydrogen) atoms. The first-order valence-electron chi connectivity index (χ1n) is 11.7. The van der Waals surface area contributed by atoms with Gasteiger partial charge in [0.05, 0.1) is 31.4 Å². The van der Waals surface area contributed by atoms with Crippen molar-refractivity contribution in [2.24, 2.45) is 0 Å². The maximum absolute atomic E-state index is 14.0. The molecule has 0 aliphatic rings. The number of ether oxygens (including phenoxy) is 1. The van der Waals surface area contributed by atoms with Crippen molar-refractivity contribution in [3.05, 3.63) is 68.4 Å². The number of carbonyl (C=O) groups is 1. The lowest BCUT2D eigenvalue weighted by atomic mass is 9.95. The van der Waals surface area contributed by atoms with E-state index in [0.29, 0.717) is 17.0 Å². The van der Waals surface area contributed by atoms with Crippen LogP contribution in [0.15, 0.2) is 40.2 Å². The van der Waals surface area contributed by atoms with Crippen LogP contribution in [0.2, 0.25) is 0 Å². The first-order valence-corrected chi connectivity index (χ1v) is 12.5. The number of fused-ring (bicyclic) bond motifs is 1. The number of hydrogen-bond acceptors (Lipinski definition) is 8. The fourth-order valence-electron chi connectivity index (χ4n) is 4.39. The smallest absolute Gasteiger partial charge is 0.333 e. The fourth-order valence-corrected chi connectivity index (χ4v) is 5.61. The van der Waals surface area contributed by atoms with E-state index in [1.807, 2.05) is 6.92 Å². The number of aromatic nitrogens is 5. The Balaban J connectivity index is 2.02. The predicted octanol–water partition coefficient (Wildman–Crippen LogP) is 3.10. The molecule has 1 atom stereocenters. The highest BCUT2D eigenvalue weighted by atomic mass is 32.1. The van der Waals surface area contributed by atoms with Gasteiger partial charge in [-0.25, -0.2) is 13.8 Å². The van der Waals surface area contributed by atoms with Crippen LogP contribution in [0.4, 0.5) is 4.39 Å². The molecule has 0 saturated heterocycles. The van der Waals surface area contributed by atoms with Crippen molar-refractivity contribution in [2.45, 2.75) is 58.7 Å². The molecule has 1 N–H and O–H groups in total. The number of thiophene rings is 1. The van der Waals surface area contributed by atoms with Crippen LogP contribution in [0, 0.1) is 12.7 Å².